The molecular weight excluding hydrogens is 194 g/mol. The van der Waals surface area contributed by atoms with Gasteiger partial charge in [-0.3, -0.25) is 9.59 Å². The molecule has 3 nitrogen and oxygen atoms in total. The van der Waals surface area contributed by atoms with Crippen LogP contribution in [0.2, 0.25) is 0 Å². The molecule has 0 aliphatic carbocycles. The second-order valence-electron chi connectivity index (χ2n) is 3.41. The number of hydrogen-bond donors (Lipinski definition) is 0. The number of carbonyl (C=O) groups excluding carboxylic acids is 2. The van der Waals surface area contributed by atoms with E-state index in [0.29, 0.717) is 12.8 Å². The van der Waals surface area contributed by atoms with Gasteiger partial charge < -0.3 is 7.59 Å². The molecule has 0 unspecified atom stereocenters. The van der Waals surface area contributed by atoms with Crippen molar-refractivity contribution in [3.05, 3.63) is 0 Å². The molecule has 0 saturated heterocycles. The van der Waals surface area contributed by atoms with Crippen molar-refractivity contribution in [1.82, 2.24) is 0 Å². The first-order valence-corrected chi connectivity index (χ1v) is 5.44. The van der Waals surface area contributed by atoms with Gasteiger partial charge in [0.2, 0.25) is 0 Å². The molecule has 0 amide bonds. The van der Waals surface area contributed by atoms with Gasteiger partial charge in [-0.05, 0) is 12.8 Å². The first-order chi connectivity index (χ1) is 6.70. The predicted octanol–water partition coefficient (Wildman–Crippen LogP) is -2.94. The van der Waals surface area contributed by atoms with E-state index in [-0.39, 0.29) is 52.5 Å². The van der Waals surface area contributed by atoms with Crippen LogP contribution in [0.5, 0.6) is 0 Å². The van der Waals surface area contributed by atoms with Crippen LogP contribution in [-0.2, 0) is 14.3 Å². The molecule has 0 fully saturated rings. The Labute approximate surface area is 125 Å². The van der Waals surface area contributed by atoms with Gasteiger partial charge in [-0.1, -0.05) is 33.1 Å². The molecule has 0 aliphatic heterocycles. The summed E-state index contributed by atoms with van der Waals surface area (Å²) < 4.78 is 4.62. The van der Waals surface area contributed by atoms with Gasteiger partial charge in [0.1, 0.15) is 0 Å². The first-order valence-electron chi connectivity index (χ1n) is 5.44. The zero-order valence-corrected chi connectivity index (χ0v) is 11.2. The Kier molecular flexibility index (Phi) is 20.7. The van der Waals surface area contributed by atoms with E-state index in [4.69, 9.17) is 0 Å². The summed E-state index contributed by atoms with van der Waals surface area (Å²) in [6, 6.07) is 0. The van der Waals surface area contributed by atoms with Crippen LogP contribution in [0.1, 0.15) is 61.6 Å². The van der Waals surface area contributed by atoms with Crippen LogP contribution in [0, 0.1) is 0 Å². The van der Waals surface area contributed by atoms with Gasteiger partial charge in [0.05, 0.1) is 0 Å². The van der Waals surface area contributed by atoms with Crippen LogP contribution in [0.3, 0.4) is 0 Å². The molecule has 0 heterocycles. The van der Waals surface area contributed by atoms with E-state index in [1.54, 1.807) is 0 Å². The van der Waals surface area contributed by atoms with Crippen molar-refractivity contribution in [1.29, 1.82) is 0 Å². The fraction of sp³-hybridized carbons (Fsp3) is 0.818. The number of ether oxygens (including phenoxy) is 1. The van der Waals surface area contributed by atoms with Crippen molar-refractivity contribution in [2.45, 2.75) is 58.8 Å². The Bertz CT molecular complexity index is 193. The topological polar surface area (TPSA) is 43.4 Å². The van der Waals surface area contributed by atoms with Gasteiger partial charge in [0, 0.05) is 12.8 Å². The van der Waals surface area contributed by atoms with Crippen LogP contribution in [0.15, 0.2) is 0 Å². The van der Waals surface area contributed by atoms with E-state index >= 15 is 0 Å². The summed E-state index contributed by atoms with van der Waals surface area (Å²) in [4.78, 5) is 22.1. The number of carbonyl (C=O) groups is 2. The maximum absolute atomic E-state index is 11.0. The van der Waals surface area contributed by atoms with Crippen molar-refractivity contribution in [3.63, 3.8) is 0 Å². The molecule has 0 aliphatic rings. The van der Waals surface area contributed by atoms with E-state index in [1.165, 1.54) is 0 Å². The SMILES string of the molecule is CCCCCC(=O)OC(=O)CCCC.[H-].[H-].[Li+].[Li+]. The Morgan fingerprint density at radius 1 is 0.875 bits per heavy atom. The third-order valence-electron chi connectivity index (χ3n) is 1.95. The van der Waals surface area contributed by atoms with Crippen LogP contribution in [0.4, 0.5) is 0 Å². The third kappa shape index (κ3) is 14.3. The largest absolute Gasteiger partial charge is 1.00 e. The molecule has 0 radical (unpaired) electrons. The van der Waals surface area contributed by atoms with Crippen LogP contribution in [0.25, 0.3) is 0 Å². The average molecular weight is 216 g/mol. The fourth-order valence-corrected chi connectivity index (χ4v) is 1.07. The minimum atomic E-state index is -0.381. The fourth-order valence-electron chi connectivity index (χ4n) is 1.07. The van der Waals surface area contributed by atoms with Crippen molar-refractivity contribution in [2.75, 3.05) is 0 Å². The van der Waals surface area contributed by atoms with Gasteiger partial charge in [0.15, 0.2) is 0 Å². The van der Waals surface area contributed by atoms with Gasteiger partial charge in [0.25, 0.3) is 0 Å². The Morgan fingerprint density at radius 3 is 1.75 bits per heavy atom. The normalized spacial score (nSPS) is 8.62. The molecule has 86 valence electrons. The van der Waals surface area contributed by atoms with Gasteiger partial charge in [-0.25, -0.2) is 0 Å². The molecule has 5 heteroatoms. The zero-order valence-electron chi connectivity index (χ0n) is 13.2. The number of rotatable bonds is 7. The zero-order chi connectivity index (χ0) is 10.8. The van der Waals surface area contributed by atoms with E-state index in [1.807, 2.05) is 6.92 Å². The molecular formula is C11H22Li2O3. The molecule has 0 saturated carbocycles. The smallest absolute Gasteiger partial charge is 1.00 e. The molecule has 0 aromatic carbocycles. The molecule has 0 aromatic rings. The van der Waals surface area contributed by atoms with Gasteiger partial charge in [-0.15, -0.1) is 0 Å². The Balaban J connectivity index is -0.000000141. The summed E-state index contributed by atoms with van der Waals surface area (Å²) in [5.74, 6) is -0.757. The van der Waals surface area contributed by atoms with Crippen molar-refractivity contribution < 1.29 is 54.9 Å². The molecule has 16 heavy (non-hydrogen) atoms. The van der Waals surface area contributed by atoms with E-state index in [2.05, 4.69) is 11.7 Å². The molecule has 0 atom stereocenters. The molecule has 0 spiro atoms. The quantitative estimate of drug-likeness (QED) is 0.198. The molecule has 0 rings (SSSR count). The average Bonchev–Trinajstić information content (AvgIpc) is 2.15. The summed E-state index contributed by atoms with van der Waals surface area (Å²) in [6.07, 6.45) is 5.35. The third-order valence-corrected chi connectivity index (χ3v) is 1.95. The standard InChI is InChI=1S/C11H20O3.2Li.2H/c1-3-5-7-9-11(13)14-10(12)8-6-4-2;;;;/h3-9H2,1-2H3;;;;/q;2*+1;2*-1. The van der Waals surface area contributed by atoms with E-state index in [9.17, 15) is 9.59 Å². The van der Waals surface area contributed by atoms with Crippen molar-refractivity contribution >= 4 is 11.9 Å². The number of unbranched alkanes of at least 4 members (excludes halogenated alkanes) is 3. The Hall–Kier alpha value is 0.335. The van der Waals surface area contributed by atoms with Crippen LogP contribution in [-0.4, -0.2) is 11.9 Å². The van der Waals surface area contributed by atoms with Crippen LogP contribution < -0.4 is 37.7 Å². The maximum Gasteiger partial charge on any atom is 1.00 e. The van der Waals surface area contributed by atoms with E-state index in [0.717, 1.165) is 32.1 Å². The Morgan fingerprint density at radius 2 is 1.31 bits per heavy atom. The number of hydrogen-bond acceptors (Lipinski definition) is 3. The summed E-state index contributed by atoms with van der Waals surface area (Å²) in [7, 11) is 0. The minimum absolute atomic E-state index is 0. The van der Waals surface area contributed by atoms with Gasteiger partial charge in [-0.2, -0.15) is 0 Å². The van der Waals surface area contributed by atoms with Gasteiger partial charge >= 0.3 is 49.7 Å². The predicted molar refractivity (Wildman–Crippen MR) is 57.0 cm³/mol. The molecule has 0 N–H and O–H groups in total. The molecule has 0 bridgehead atoms. The summed E-state index contributed by atoms with van der Waals surface area (Å²) in [5, 5.41) is 0. The number of esters is 2. The minimum Gasteiger partial charge on any atom is -1.00 e. The van der Waals surface area contributed by atoms with E-state index < -0.39 is 0 Å². The monoisotopic (exact) mass is 216 g/mol. The van der Waals surface area contributed by atoms with Crippen LogP contribution >= 0.6 is 0 Å². The second kappa shape index (κ2) is 15.3. The molecule has 0 aromatic heterocycles. The summed E-state index contributed by atoms with van der Waals surface area (Å²) in [5.41, 5.74) is 0. The summed E-state index contributed by atoms with van der Waals surface area (Å²) >= 11 is 0. The first kappa shape index (κ1) is 21.6. The van der Waals surface area contributed by atoms with Crippen molar-refractivity contribution in [2.24, 2.45) is 0 Å². The maximum atomic E-state index is 11.0. The van der Waals surface area contributed by atoms with Crippen molar-refractivity contribution in [3.8, 4) is 0 Å². The second-order valence-corrected chi connectivity index (χ2v) is 3.41. The summed E-state index contributed by atoms with van der Waals surface area (Å²) in [6.45, 7) is 4.06.